The van der Waals surface area contributed by atoms with Crippen LogP contribution in [0, 0.1) is 15.9 Å². The summed E-state index contributed by atoms with van der Waals surface area (Å²) in [6.45, 7) is -0.682. The van der Waals surface area contributed by atoms with Crippen LogP contribution in [0.25, 0.3) is 10.9 Å². The molecule has 1 atom stereocenters. The molecule has 10 nitrogen and oxygen atoms in total. The molecule has 0 bridgehead atoms. The van der Waals surface area contributed by atoms with Crippen LogP contribution < -0.4 is 10.6 Å². The van der Waals surface area contributed by atoms with Gasteiger partial charge in [0.25, 0.3) is 17.5 Å². The maximum absolute atomic E-state index is 13.3. The Balaban J connectivity index is 1.46. The van der Waals surface area contributed by atoms with Gasteiger partial charge in [-0.15, -0.1) is 0 Å². The number of nitrogens with one attached hydrogen (secondary N) is 3. The lowest BCUT2D eigenvalue weighted by molar-refractivity contribution is -0.384. The molecular formula is C26H21FN4O6. The first-order valence-electron chi connectivity index (χ1n) is 11.1. The third-order valence-corrected chi connectivity index (χ3v) is 5.48. The molecule has 0 saturated heterocycles. The lowest BCUT2D eigenvalue weighted by atomic mass is 10.0. The van der Waals surface area contributed by atoms with Gasteiger partial charge in [0.1, 0.15) is 11.9 Å². The van der Waals surface area contributed by atoms with Gasteiger partial charge in [0, 0.05) is 46.9 Å². The van der Waals surface area contributed by atoms with E-state index in [-0.39, 0.29) is 23.4 Å². The van der Waals surface area contributed by atoms with Gasteiger partial charge in [-0.05, 0) is 42.0 Å². The second-order valence-corrected chi connectivity index (χ2v) is 8.06. The number of non-ortho nitro benzene ring substituents is 1. The number of aromatic amines is 1. The Morgan fingerprint density at radius 3 is 2.54 bits per heavy atom. The maximum Gasteiger partial charge on any atom is 0.329 e. The molecule has 0 radical (unpaired) electrons. The second-order valence-electron chi connectivity index (χ2n) is 8.06. The molecule has 188 valence electrons. The minimum Gasteiger partial charge on any atom is -0.454 e. The third-order valence-electron chi connectivity index (χ3n) is 5.48. The second kappa shape index (κ2) is 11.1. The number of H-pyrrole nitrogens is 1. The fourth-order valence-electron chi connectivity index (χ4n) is 3.69. The van der Waals surface area contributed by atoms with Crippen molar-refractivity contribution in [2.45, 2.75) is 12.5 Å². The Morgan fingerprint density at radius 2 is 1.78 bits per heavy atom. The van der Waals surface area contributed by atoms with Crippen LogP contribution in [-0.2, 0) is 20.7 Å². The average Bonchev–Trinajstić information content (AvgIpc) is 3.30. The molecule has 1 aromatic heterocycles. The van der Waals surface area contributed by atoms with Crippen molar-refractivity contribution in [1.29, 1.82) is 0 Å². The number of nitro benzene ring substituents is 1. The van der Waals surface area contributed by atoms with E-state index >= 15 is 0 Å². The van der Waals surface area contributed by atoms with Gasteiger partial charge in [0.2, 0.25) is 0 Å². The highest BCUT2D eigenvalue weighted by Gasteiger charge is 2.25. The van der Waals surface area contributed by atoms with Gasteiger partial charge in [-0.25, -0.2) is 9.18 Å². The summed E-state index contributed by atoms with van der Waals surface area (Å²) in [5, 5.41) is 16.8. The fraction of sp³-hybridized carbons (Fsp3) is 0.115. The Morgan fingerprint density at radius 1 is 1.03 bits per heavy atom. The number of ether oxygens (including phenoxy) is 1. The topological polar surface area (TPSA) is 143 Å². The maximum atomic E-state index is 13.3. The Labute approximate surface area is 209 Å². The van der Waals surface area contributed by atoms with Crippen molar-refractivity contribution in [3.05, 3.63) is 106 Å². The van der Waals surface area contributed by atoms with Gasteiger partial charge in [-0.3, -0.25) is 19.7 Å². The minimum atomic E-state index is -1.16. The number of para-hydroxylation sites is 1. The summed E-state index contributed by atoms with van der Waals surface area (Å²) in [6, 6.07) is 16.4. The number of hydrogen-bond donors (Lipinski definition) is 3. The number of anilines is 1. The number of carbonyl (C=O) groups is 3. The molecule has 0 aliphatic carbocycles. The van der Waals surface area contributed by atoms with Crippen LogP contribution in [0.15, 0.2) is 79.0 Å². The minimum absolute atomic E-state index is 0.0578. The number of aromatic nitrogens is 1. The number of nitro groups is 1. The van der Waals surface area contributed by atoms with Crippen molar-refractivity contribution < 1.29 is 28.4 Å². The van der Waals surface area contributed by atoms with Gasteiger partial charge >= 0.3 is 5.97 Å². The normalized spacial score (nSPS) is 11.5. The van der Waals surface area contributed by atoms with Crippen LogP contribution in [0.4, 0.5) is 15.8 Å². The number of amides is 2. The zero-order valence-corrected chi connectivity index (χ0v) is 19.3. The van der Waals surface area contributed by atoms with E-state index in [1.165, 1.54) is 36.4 Å². The molecule has 3 aromatic carbocycles. The fourth-order valence-corrected chi connectivity index (χ4v) is 3.69. The first-order valence-corrected chi connectivity index (χ1v) is 11.1. The summed E-state index contributed by atoms with van der Waals surface area (Å²) in [4.78, 5) is 51.4. The number of benzene rings is 3. The zero-order chi connectivity index (χ0) is 26.4. The average molecular weight is 504 g/mol. The lowest BCUT2D eigenvalue weighted by Crippen LogP contribution is -2.44. The van der Waals surface area contributed by atoms with Crippen LogP contribution in [-0.4, -0.2) is 40.3 Å². The SMILES string of the molecule is O=C(COC(=O)[C@H](Cc1c[nH]c2ccccc12)NC(=O)c1ccc(F)cc1)Nc1cccc([N+](=O)[O-])c1. The molecule has 3 N–H and O–H groups in total. The van der Waals surface area contributed by atoms with E-state index in [0.717, 1.165) is 28.6 Å². The predicted octanol–water partition coefficient (Wildman–Crippen LogP) is 3.74. The van der Waals surface area contributed by atoms with Gasteiger partial charge in [-0.2, -0.15) is 0 Å². The van der Waals surface area contributed by atoms with E-state index in [9.17, 15) is 28.9 Å². The standard InChI is InChI=1S/C26H21FN4O6/c27-18-10-8-16(9-11-18)25(33)30-23(12-17-14-28-22-7-2-1-6-21(17)22)26(34)37-15-24(32)29-19-4-3-5-20(13-19)31(35)36/h1-11,13-14,23,28H,12,15H2,(H,29,32)(H,30,33)/t23-/m0/s1. The summed E-state index contributed by atoms with van der Waals surface area (Å²) >= 11 is 0. The number of halogens is 1. The number of carbonyl (C=O) groups excluding carboxylic acids is 3. The number of fused-ring (bicyclic) bond motifs is 1. The van der Waals surface area contributed by atoms with Crippen molar-refractivity contribution >= 4 is 40.1 Å². The smallest absolute Gasteiger partial charge is 0.329 e. The molecule has 2 amide bonds. The quantitative estimate of drug-likeness (QED) is 0.180. The number of esters is 1. The summed E-state index contributed by atoms with van der Waals surface area (Å²) < 4.78 is 18.4. The Bertz CT molecular complexity index is 1470. The number of nitrogens with zero attached hydrogens (tertiary/aromatic N) is 1. The predicted molar refractivity (Wildman–Crippen MR) is 132 cm³/mol. The summed E-state index contributed by atoms with van der Waals surface area (Å²) in [6.07, 6.45) is 1.77. The third kappa shape index (κ3) is 6.34. The molecule has 1 heterocycles. The van der Waals surface area contributed by atoms with Crippen LogP contribution >= 0.6 is 0 Å². The largest absolute Gasteiger partial charge is 0.454 e. The molecule has 0 saturated carbocycles. The van der Waals surface area contributed by atoms with E-state index in [4.69, 9.17) is 4.74 Å². The van der Waals surface area contributed by atoms with Gasteiger partial charge < -0.3 is 20.4 Å². The molecule has 0 spiro atoms. The van der Waals surface area contributed by atoms with Crippen LogP contribution in [0.3, 0.4) is 0 Å². The van der Waals surface area contributed by atoms with Crippen LogP contribution in [0.5, 0.6) is 0 Å². The highest BCUT2D eigenvalue weighted by molar-refractivity contribution is 5.98. The van der Waals surface area contributed by atoms with Gasteiger partial charge in [0.05, 0.1) is 4.92 Å². The van der Waals surface area contributed by atoms with Crippen molar-refractivity contribution in [2.75, 3.05) is 11.9 Å². The zero-order valence-electron chi connectivity index (χ0n) is 19.3. The monoisotopic (exact) mass is 504 g/mol. The summed E-state index contributed by atoms with van der Waals surface area (Å²) in [7, 11) is 0. The highest BCUT2D eigenvalue weighted by Crippen LogP contribution is 2.20. The van der Waals surface area contributed by atoms with E-state index in [2.05, 4.69) is 15.6 Å². The van der Waals surface area contributed by atoms with E-state index < -0.39 is 41.2 Å². The molecule has 4 rings (SSSR count). The summed E-state index contributed by atoms with van der Waals surface area (Å²) in [5.41, 5.74) is 1.66. The molecular weight excluding hydrogens is 483 g/mol. The molecule has 11 heteroatoms. The molecule has 4 aromatic rings. The van der Waals surface area contributed by atoms with E-state index in [1.54, 1.807) is 6.20 Å². The first kappa shape index (κ1) is 25.0. The van der Waals surface area contributed by atoms with Crippen molar-refractivity contribution in [3.8, 4) is 0 Å². The van der Waals surface area contributed by atoms with Gasteiger partial charge in [-0.1, -0.05) is 24.3 Å². The van der Waals surface area contributed by atoms with Crippen molar-refractivity contribution in [1.82, 2.24) is 10.3 Å². The van der Waals surface area contributed by atoms with Crippen molar-refractivity contribution in [3.63, 3.8) is 0 Å². The van der Waals surface area contributed by atoms with Crippen LogP contribution in [0.2, 0.25) is 0 Å². The van der Waals surface area contributed by atoms with E-state index in [0.29, 0.717) is 0 Å². The van der Waals surface area contributed by atoms with Crippen LogP contribution in [0.1, 0.15) is 15.9 Å². The molecule has 0 unspecified atom stereocenters. The highest BCUT2D eigenvalue weighted by atomic mass is 19.1. The number of hydrogen-bond acceptors (Lipinski definition) is 6. The summed E-state index contributed by atoms with van der Waals surface area (Å²) in [5.74, 6) is -2.72. The first-order chi connectivity index (χ1) is 17.8. The molecule has 0 aliphatic rings. The lowest BCUT2D eigenvalue weighted by Gasteiger charge is -2.18. The van der Waals surface area contributed by atoms with E-state index in [1.807, 2.05) is 24.3 Å². The molecule has 0 aliphatic heterocycles. The van der Waals surface area contributed by atoms with Crippen molar-refractivity contribution in [2.24, 2.45) is 0 Å². The molecule has 0 fully saturated rings. The Hall–Kier alpha value is -5.06. The molecule has 37 heavy (non-hydrogen) atoms. The number of rotatable bonds is 9. The Kier molecular flexibility index (Phi) is 7.53. The van der Waals surface area contributed by atoms with Gasteiger partial charge in [0.15, 0.2) is 6.61 Å².